The maximum absolute atomic E-state index is 14.0. The Balaban J connectivity index is 1.65. The summed E-state index contributed by atoms with van der Waals surface area (Å²) in [7, 11) is -3.72. The van der Waals surface area contributed by atoms with Crippen molar-refractivity contribution in [1.29, 1.82) is 0 Å². The average Bonchev–Trinajstić information content (AvgIpc) is 2.74. The third-order valence-corrected chi connectivity index (χ3v) is 7.81. The molecule has 0 unspecified atom stereocenters. The Kier molecular flexibility index (Phi) is 5.95. The molecule has 0 N–H and O–H groups in total. The maximum Gasteiger partial charge on any atom is 0.264 e. The molecule has 0 aromatic heterocycles. The number of rotatable bonds is 5. The summed E-state index contributed by atoms with van der Waals surface area (Å²) in [4.78, 5) is 0.271. The van der Waals surface area contributed by atoms with Gasteiger partial charge in [-0.1, -0.05) is 29.8 Å². The van der Waals surface area contributed by atoms with E-state index in [9.17, 15) is 12.8 Å². The lowest BCUT2D eigenvalue weighted by Gasteiger charge is -2.31. The second kappa shape index (κ2) is 8.52. The lowest BCUT2D eigenvalue weighted by Crippen LogP contribution is -2.35. The van der Waals surface area contributed by atoms with Crippen molar-refractivity contribution in [2.24, 2.45) is 0 Å². The Morgan fingerprint density at radius 2 is 1.87 bits per heavy atom. The number of hydrogen-bond donors (Lipinski definition) is 0. The molecule has 0 atom stereocenters. The Morgan fingerprint density at radius 1 is 1.06 bits per heavy atom. The topological polar surface area (TPSA) is 46.6 Å². The standard InChI is InChI=1S/C24H23ClFNO3S/c1-16-8-11-20(13-17(16)2)31(28,29)27-12-4-5-18-9-10-19(14-24(18)27)30-15-21-22(25)6-3-7-23(21)26/h3,6-11,13-14H,4-5,12,15H2,1-2H3. The summed E-state index contributed by atoms with van der Waals surface area (Å²) < 4.78 is 48.1. The summed E-state index contributed by atoms with van der Waals surface area (Å²) in [6.07, 6.45) is 1.52. The molecule has 0 bridgehead atoms. The summed E-state index contributed by atoms with van der Waals surface area (Å²) in [5.41, 5.74) is 3.77. The van der Waals surface area contributed by atoms with Crippen LogP contribution in [0.1, 0.15) is 28.7 Å². The molecule has 31 heavy (non-hydrogen) atoms. The van der Waals surface area contributed by atoms with Crippen LogP contribution in [0.25, 0.3) is 0 Å². The highest BCUT2D eigenvalue weighted by molar-refractivity contribution is 7.92. The van der Waals surface area contributed by atoms with Gasteiger partial charge in [-0.25, -0.2) is 12.8 Å². The SMILES string of the molecule is Cc1ccc(S(=O)(=O)N2CCCc3ccc(OCc4c(F)cccc4Cl)cc32)cc1C. The predicted octanol–water partition coefficient (Wildman–Crippen LogP) is 5.82. The number of sulfonamides is 1. The van der Waals surface area contributed by atoms with Crippen LogP contribution in [0.2, 0.25) is 5.02 Å². The molecule has 0 radical (unpaired) electrons. The maximum atomic E-state index is 14.0. The van der Waals surface area contributed by atoms with Crippen molar-refractivity contribution in [3.8, 4) is 5.75 Å². The molecule has 1 heterocycles. The largest absolute Gasteiger partial charge is 0.489 e. The van der Waals surface area contributed by atoms with Crippen LogP contribution < -0.4 is 9.04 Å². The molecule has 7 heteroatoms. The van der Waals surface area contributed by atoms with Gasteiger partial charge in [0.05, 0.1) is 15.6 Å². The van der Waals surface area contributed by atoms with E-state index in [-0.39, 0.29) is 22.1 Å². The van der Waals surface area contributed by atoms with Gasteiger partial charge in [0.25, 0.3) is 10.0 Å². The number of fused-ring (bicyclic) bond motifs is 1. The van der Waals surface area contributed by atoms with Crippen molar-refractivity contribution in [3.63, 3.8) is 0 Å². The number of hydrogen-bond acceptors (Lipinski definition) is 3. The van der Waals surface area contributed by atoms with E-state index in [1.807, 2.05) is 26.0 Å². The van der Waals surface area contributed by atoms with Crippen molar-refractivity contribution in [2.45, 2.75) is 38.2 Å². The van der Waals surface area contributed by atoms with E-state index in [1.165, 1.54) is 16.4 Å². The fraction of sp³-hybridized carbons (Fsp3) is 0.250. The number of nitrogens with zero attached hydrogens (tertiary/aromatic N) is 1. The summed E-state index contributed by atoms with van der Waals surface area (Å²) in [6.45, 7) is 4.20. The van der Waals surface area contributed by atoms with Gasteiger partial charge < -0.3 is 4.74 Å². The highest BCUT2D eigenvalue weighted by atomic mass is 35.5. The first kappa shape index (κ1) is 21.7. The third kappa shape index (κ3) is 4.27. The molecule has 3 aromatic carbocycles. The van der Waals surface area contributed by atoms with Gasteiger partial charge in [0.2, 0.25) is 0 Å². The minimum Gasteiger partial charge on any atom is -0.489 e. The van der Waals surface area contributed by atoms with E-state index in [0.29, 0.717) is 18.0 Å². The number of aryl methyl sites for hydroxylation is 3. The number of benzene rings is 3. The van der Waals surface area contributed by atoms with Crippen molar-refractivity contribution in [1.82, 2.24) is 0 Å². The van der Waals surface area contributed by atoms with E-state index in [0.717, 1.165) is 29.5 Å². The molecule has 0 saturated heterocycles. The molecular formula is C24H23ClFNO3S. The van der Waals surface area contributed by atoms with Crippen LogP contribution in [0.4, 0.5) is 10.1 Å². The minimum absolute atomic E-state index is 0.0474. The fourth-order valence-corrected chi connectivity index (χ4v) is 5.52. The van der Waals surface area contributed by atoms with Crippen molar-refractivity contribution in [3.05, 3.63) is 87.7 Å². The third-order valence-electron chi connectivity index (χ3n) is 5.64. The number of anilines is 1. The van der Waals surface area contributed by atoms with Crippen LogP contribution in [0.3, 0.4) is 0 Å². The first-order chi connectivity index (χ1) is 14.8. The van der Waals surface area contributed by atoms with Gasteiger partial charge in [0, 0.05) is 18.2 Å². The van der Waals surface area contributed by atoms with Crippen LogP contribution in [0.5, 0.6) is 5.75 Å². The van der Waals surface area contributed by atoms with E-state index >= 15 is 0 Å². The molecule has 0 fully saturated rings. The van der Waals surface area contributed by atoms with Gasteiger partial charge in [-0.15, -0.1) is 0 Å². The Morgan fingerprint density at radius 3 is 2.61 bits per heavy atom. The summed E-state index contributed by atoms with van der Waals surface area (Å²) in [5, 5.41) is 0.289. The average molecular weight is 460 g/mol. The zero-order valence-electron chi connectivity index (χ0n) is 17.4. The second-order valence-corrected chi connectivity index (χ2v) is 9.98. The molecule has 4 rings (SSSR count). The zero-order chi connectivity index (χ0) is 22.2. The molecule has 1 aliphatic heterocycles. The fourth-order valence-electron chi connectivity index (χ4n) is 3.69. The Bertz CT molecular complexity index is 1220. The lowest BCUT2D eigenvalue weighted by molar-refractivity contribution is 0.300. The molecule has 162 valence electrons. The predicted molar refractivity (Wildman–Crippen MR) is 121 cm³/mol. The van der Waals surface area contributed by atoms with Crippen LogP contribution in [-0.2, 0) is 23.1 Å². The van der Waals surface area contributed by atoms with Gasteiger partial charge >= 0.3 is 0 Å². The van der Waals surface area contributed by atoms with Gasteiger partial charge in [-0.2, -0.15) is 0 Å². The first-order valence-corrected chi connectivity index (χ1v) is 11.9. The van der Waals surface area contributed by atoms with Crippen LogP contribution in [0.15, 0.2) is 59.5 Å². The van der Waals surface area contributed by atoms with E-state index in [4.69, 9.17) is 16.3 Å². The van der Waals surface area contributed by atoms with Crippen LogP contribution in [-0.4, -0.2) is 15.0 Å². The van der Waals surface area contributed by atoms with Gasteiger partial charge in [0.15, 0.2) is 0 Å². The molecule has 1 aliphatic rings. The first-order valence-electron chi connectivity index (χ1n) is 10.1. The van der Waals surface area contributed by atoms with Crippen molar-refractivity contribution < 1.29 is 17.5 Å². The van der Waals surface area contributed by atoms with Crippen molar-refractivity contribution in [2.75, 3.05) is 10.8 Å². The molecule has 0 amide bonds. The van der Waals surface area contributed by atoms with Crippen molar-refractivity contribution >= 4 is 27.3 Å². The minimum atomic E-state index is -3.72. The molecule has 0 saturated carbocycles. The molecule has 0 spiro atoms. The van der Waals surface area contributed by atoms with Gasteiger partial charge in [0.1, 0.15) is 18.2 Å². The lowest BCUT2D eigenvalue weighted by atomic mass is 10.0. The molecule has 0 aliphatic carbocycles. The molecule has 3 aromatic rings. The highest BCUT2D eigenvalue weighted by Crippen LogP contribution is 2.35. The van der Waals surface area contributed by atoms with Crippen LogP contribution in [0, 0.1) is 19.7 Å². The summed E-state index contributed by atoms with van der Waals surface area (Å²) in [6, 6.07) is 15.0. The number of halogens is 2. The second-order valence-electron chi connectivity index (χ2n) is 7.71. The van der Waals surface area contributed by atoms with E-state index in [1.54, 1.807) is 30.3 Å². The van der Waals surface area contributed by atoms with Gasteiger partial charge in [-0.3, -0.25) is 4.31 Å². The number of ether oxygens (including phenoxy) is 1. The van der Waals surface area contributed by atoms with E-state index < -0.39 is 15.8 Å². The Hall–Kier alpha value is -2.57. The monoisotopic (exact) mass is 459 g/mol. The quantitative estimate of drug-likeness (QED) is 0.483. The molecular weight excluding hydrogens is 437 g/mol. The van der Waals surface area contributed by atoms with E-state index in [2.05, 4.69) is 0 Å². The highest BCUT2D eigenvalue weighted by Gasteiger charge is 2.29. The zero-order valence-corrected chi connectivity index (χ0v) is 18.9. The normalized spacial score (nSPS) is 13.7. The summed E-state index contributed by atoms with van der Waals surface area (Å²) in [5.74, 6) is 0.0182. The Labute approximate surface area is 187 Å². The smallest absolute Gasteiger partial charge is 0.264 e. The van der Waals surface area contributed by atoms with Crippen LogP contribution >= 0.6 is 11.6 Å². The molecule has 4 nitrogen and oxygen atoms in total. The summed E-state index contributed by atoms with van der Waals surface area (Å²) >= 11 is 6.08. The van der Waals surface area contributed by atoms with Gasteiger partial charge in [-0.05, 0) is 73.7 Å².